The van der Waals surface area contributed by atoms with Gasteiger partial charge in [-0.15, -0.1) is 0 Å². The molecule has 1 aliphatic carbocycles. The maximum Gasteiger partial charge on any atom is 0.322 e. The van der Waals surface area contributed by atoms with Crippen LogP contribution in [0.3, 0.4) is 0 Å². The zero-order valence-electron chi connectivity index (χ0n) is 18.0. The van der Waals surface area contributed by atoms with Gasteiger partial charge < -0.3 is 9.84 Å². The summed E-state index contributed by atoms with van der Waals surface area (Å²) in [7, 11) is 1.54. The van der Waals surface area contributed by atoms with Crippen LogP contribution in [0.2, 0.25) is 0 Å². The summed E-state index contributed by atoms with van der Waals surface area (Å²) in [6.07, 6.45) is 4.01. The number of nitrogens with one attached hydrogen (secondary N) is 1. The van der Waals surface area contributed by atoms with Crippen LogP contribution in [0, 0.1) is 5.92 Å². The van der Waals surface area contributed by atoms with Crippen molar-refractivity contribution in [2.24, 2.45) is 5.92 Å². The number of methoxy groups -OCH3 is 1. The number of hydroxylamine groups is 1. The molecule has 0 aromatic heterocycles. The zero-order chi connectivity index (χ0) is 22.5. The van der Waals surface area contributed by atoms with E-state index >= 15 is 0 Å². The number of carbonyl (C=O) groups is 3. The zero-order valence-corrected chi connectivity index (χ0v) is 18.0. The molecule has 1 aromatic rings. The Morgan fingerprint density at radius 1 is 1.19 bits per heavy atom. The molecule has 170 valence electrons. The molecule has 9 nitrogen and oxygen atoms in total. The topological polar surface area (TPSA) is 119 Å². The van der Waals surface area contributed by atoms with Crippen molar-refractivity contribution in [1.82, 2.24) is 15.5 Å². The molecule has 31 heavy (non-hydrogen) atoms. The van der Waals surface area contributed by atoms with Gasteiger partial charge >= 0.3 is 5.97 Å². The number of carbonyl (C=O) groups excluding carboxylic acids is 2. The number of ether oxygens (including phenoxy) is 1. The average molecular weight is 434 g/mol. The molecule has 0 spiro atoms. The van der Waals surface area contributed by atoms with E-state index in [1.54, 1.807) is 53.8 Å². The summed E-state index contributed by atoms with van der Waals surface area (Å²) in [5, 5.41) is 22.3. The van der Waals surface area contributed by atoms with Crippen molar-refractivity contribution in [3.05, 3.63) is 29.8 Å². The van der Waals surface area contributed by atoms with E-state index in [9.17, 15) is 24.7 Å². The van der Waals surface area contributed by atoms with Crippen molar-refractivity contribution in [1.29, 1.82) is 0 Å². The fourth-order valence-corrected chi connectivity index (χ4v) is 4.42. The number of carboxylic acids is 1. The maximum atomic E-state index is 14.0. The Balaban J connectivity index is 2.01. The molecule has 2 aliphatic rings. The van der Waals surface area contributed by atoms with Crippen LogP contribution in [-0.4, -0.2) is 63.9 Å². The Bertz CT molecular complexity index is 795. The number of carboxylic acid groups (broad SMARTS) is 1. The summed E-state index contributed by atoms with van der Waals surface area (Å²) >= 11 is 0. The standard InChI is InChI=1S/C22H31N3O6/c1-3-17(20(26)23-30)19(14-7-11-16(31-2)12-8-14)21(27)25(15-9-10-15)24-13-5-4-6-18(24)22(28)29/h7-8,11-12,15,17-19,30H,3-6,9-10,13H2,1-2H3,(H,23,26)(H,28,29)/t17-,18?,19+/m0/s1. The van der Waals surface area contributed by atoms with Crippen LogP contribution in [0.15, 0.2) is 24.3 Å². The van der Waals surface area contributed by atoms with Gasteiger partial charge in [0.15, 0.2) is 0 Å². The van der Waals surface area contributed by atoms with Gasteiger partial charge in [0.05, 0.1) is 18.9 Å². The lowest BCUT2D eigenvalue weighted by molar-refractivity contribution is -0.173. The van der Waals surface area contributed by atoms with Crippen molar-refractivity contribution in [2.45, 2.75) is 63.5 Å². The third-order valence-electron chi connectivity index (χ3n) is 6.19. The molecular weight excluding hydrogens is 402 g/mol. The monoisotopic (exact) mass is 433 g/mol. The van der Waals surface area contributed by atoms with E-state index < -0.39 is 29.8 Å². The average Bonchev–Trinajstić information content (AvgIpc) is 3.62. The number of aliphatic carboxylic acids is 1. The number of benzene rings is 1. The Hall–Kier alpha value is -2.65. The molecule has 1 aromatic carbocycles. The minimum atomic E-state index is -0.945. The van der Waals surface area contributed by atoms with Gasteiger partial charge in [-0.1, -0.05) is 19.1 Å². The molecular formula is C22H31N3O6. The molecule has 0 radical (unpaired) electrons. The largest absolute Gasteiger partial charge is 0.497 e. The second-order valence-corrected chi connectivity index (χ2v) is 8.17. The van der Waals surface area contributed by atoms with E-state index in [-0.39, 0.29) is 11.9 Å². The summed E-state index contributed by atoms with van der Waals surface area (Å²) < 4.78 is 5.21. The molecule has 1 unspecified atom stereocenters. The first kappa shape index (κ1) is 23.0. The van der Waals surface area contributed by atoms with E-state index in [4.69, 9.17) is 4.74 Å². The fourth-order valence-electron chi connectivity index (χ4n) is 4.42. The first-order valence-electron chi connectivity index (χ1n) is 10.8. The minimum absolute atomic E-state index is 0.0668. The first-order chi connectivity index (χ1) is 14.9. The Morgan fingerprint density at radius 3 is 2.39 bits per heavy atom. The van der Waals surface area contributed by atoms with E-state index in [1.165, 1.54) is 0 Å². The number of rotatable bonds is 9. The third kappa shape index (κ3) is 4.99. The highest BCUT2D eigenvalue weighted by Crippen LogP contribution is 2.38. The van der Waals surface area contributed by atoms with Crippen LogP contribution in [0.4, 0.5) is 0 Å². The molecule has 2 amide bonds. The lowest BCUT2D eigenvalue weighted by Crippen LogP contribution is -2.59. The Labute approximate surface area is 181 Å². The number of amides is 2. The number of hydrogen-bond acceptors (Lipinski definition) is 6. The molecule has 3 N–H and O–H groups in total. The van der Waals surface area contributed by atoms with Gasteiger partial charge in [0.25, 0.3) is 0 Å². The van der Waals surface area contributed by atoms with Crippen molar-refractivity contribution < 1.29 is 29.4 Å². The maximum absolute atomic E-state index is 14.0. The number of hydrogen-bond donors (Lipinski definition) is 3. The van der Waals surface area contributed by atoms with Crippen molar-refractivity contribution >= 4 is 17.8 Å². The fraction of sp³-hybridized carbons (Fsp3) is 0.591. The van der Waals surface area contributed by atoms with Crippen molar-refractivity contribution in [3.63, 3.8) is 0 Å². The van der Waals surface area contributed by atoms with Gasteiger partial charge in [-0.25, -0.2) is 10.5 Å². The van der Waals surface area contributed by atoms with Crippen LogP contribution >= 0.6 is 0 Å². The Kier molecular flexibility index (Phi) is 7.50. The molecule has 3 rings (SSSR count). The molecule has 1 heterocycles. The molecule has 0 bridgehead atoms. The van der Waals surface area contributed by atoms with Crippen LogP contribution in [-0.2, 0) is 14.4 Å². The summed E-state index contributed by atoms with van der Waals surface area (Å²) in [5.41, 5.74) is 2.31. The number of hydrazine groups is 1. The molecule has 1 saturated carbocycles. The van der Waals surface area contributed by atoms with Crippen LogP contribution in [0.25, 0.3) is 0 Å². The lowest BCUT2D eigenvalue weighted by Gasteiger charge is -2.43. The van der Waals surface area contributed by atoms with Crippen molar-refractivity contribution in [2.75, 3.05) is 13.7 Å². The highest BCUT2D eigenvalue weighted by molar-refractivity contribution is 5.91. The first-order valence-corrected chi connectivity index (χ1v) is 10.8. The van der Waals surface area contributed by atoms with Gasteiger partial charge in [-0.2, -0.15) is 0 Å². The summed E-state index contributed by atoms with van der Waals surface area (Å²) in [5.74, 6) is -2.94. The van der Waals surface area contributed by atoms with Crippen LogP contribution in [0.5, 0.6) is 5.75 Å². The van der Waals surface area contributed by atoms with Crippen LogP contribution < -0.4 is 10.2 Å². The van der Waals surface area contributed by atoms with E-state index in [0.29, 0.717) is 30.7 Å². The molecule has 2 fully saturated rings. The van der Waals surface area contributed by atoms with Gasteiger partial charge in [0.1, 0.15) is 11.8 Å². The predicted molar refractivity (Wildman–Crippen MR) is 111 cm³/mol. The molecule has 3 atom stereocenters. The van der Waals surface area contributed by atoms with Gasteiger partial charge in [0.2, 0.25) is 11.8 Å². The van der Waals surface area contributed by atoms with Crippen LogP contribution in [0.1, 0.15) is 56.9 Å². The highest BCUT2D eigenvalue weighted by Gasteiger charge is 2.46. The molecule has 1 aliphatic heterocycles. The summed E-state index contributed by atoms with van der Waals surface area (Å²) in [4.78, 5) is 38.3. The van der Waals surface area contributed by atoms with Gasteiger partial charge in [-0.05, 0) is 56.2 Å². The number of nitrogens with zero attached hydrogens (tertiary/aromatic N) is 2. The second-order valence-electron chi connectivity index (χ2n) is 8.17. The highest BCUT2D eigenvalue weighted by atomic mass is 16.5. The second kappa shape index (κ2) is 10.1. The van der Waals surface area contributed by atoms with Gasteiger partial charge in [-0.3, -0.25) is 24.6 Å². The SMILES string of the molecule is CC[C@H](C(=O)NO)[C@H](C(=O)N(C1CC1)N1CCCCC1C(=O)O)c1ccc(OC)cc1. The molecule has 9 heteroatoms. The smallest absolute Gasteiger partial charge is 0.322 e. The Morgan fingerprint density at radius 2 is 1.87 bits per heavy atom. The third-order valence-corrected chi connectivity index (χ3v) is 6.19. The quantitative estimate of drug-likeness (QED) is 0.403. The van der Waals surface area contributed by atoms with E-state index in [0.717, 1.165) is 25.7 Å². The predicted octanol–water partition coefficient (Wildman–Crippen LogP) is 2.16. The minimum Gasteiger partial charge on any atom is -0.497 e. The number of piperidine rings is 1. The van der Waals surface area contributed by atoms with E-state index in [2.05, 4.69) is 0 Å². The van der Waals surface area contributed by atoms with Crippen molar-refractivity contribution in [3.8, 4) is 5.75 Å². The van der Waals surface area contributed by atoms with Gasteiger partial charge in [0, 0.05) is 12.6 Å². The normalized spacial score (nSPS) is 21.1. The lowest BCUT2D eigenvalue weighted by atomic mass is 9.82. The van der Waals surface area contributed by atoms with E-state index in [1.807, 2.05) is 0 Å². The summed E-state index contributed by atoms with van der Waals surface area (Å²) in [6.45, 7) is 2.27. The summed E-state index contributed by atoms with van der Waals surface area (Å²) in [6, 6.07) is 6.10. The molecule has 1 saturated heterocycles.